The van der Waals surface area contributed by atoms with Crippen LogP contribution in [0.4, 0.5) is 10.5 Å². The van der Waals surface area contributed by atoms with Crippen LogP contribution in [-0.2, 0) is 14.3 Å². The van der Waals surface area contributed by atoms with E-state index in [1.54, 1.807) is 26.8 Å². The van der Waals surface area contributed by atoms with Gasteiger partial charge in [0, 0.05) is 6.54 Å². The topological polar surface area (TPSA) is 87.7 Å². The molecule has 0 bridgehead atoms. The third-order valence-corrected chi connectivity index (χ3v) is 6.05. The van der Waals surface area contributed by atoms with E-state index in [4.69, 9.17) is 16.3 Å². The smallest absolute Gasteiger partial charge is 0.408 e. The Balaban J connectivity index is 2.43. The van der Waals surface area contributed by atoms with Crippen molar-refractivity contribution in [2.75, 3.05) is 18.4 Å². The molecule has 36 heavy (non-hydrogen) atoms. The molecule has 2 aromatic rings. The van der Waals surface area contributed by atoms with Gasteiger partial charge in [0.25, 0.3) is 5.91 Å². The zero-order valence-electron chi connectivity index (χ0n) is 22.3. The van der Waals surface area contributed by atoms with Crippen LogP contribution in [0.1, 0.15) is 68.8 Å². The lowest BCUT2D eigenvalue weighted by molar-refractivity contribution is -0.138. The fourth-order valence-electron chi connectivity index (χ4n) is 3.68. The first-order chi connectivity index (χ1) is 16.8. The largest absolute Gasteiger partial charge is 0.444 e. The van der Waals surface area contributed by atoms with Crippen LogP contribution in [0.5, 0.6) is 0 Å². The van der Waals surface area contributed by atoms with Gasteiger partial charge in [0.05, 0.1) is 10.7 Å². The normalized spacial score (nSPS) is 12.0. The Hall–Kier alpha value is -3.06. The number of carbonyl (C=O) groups is 3. The standard InChI is InChI=1S/C28H38ClN3O4/c1-8-9-15-32(23(33)17-30-27(35)36-28(5,6)7)25(21-14-13-18(2)20(4)16-21)26(34)31-24-19(3)11-10-12-22(24)29/h10-14,16,25H,8-9,15,17H2,1-7H3,(H,30,35)(H,31,34). The number of anilines is 1. The lowest BCUT2D eigenvalue weighted by atomic mass is 9.98. The van der Waals surface area contributed by atoms with Crippen molar-refractivity contribution in [3.05, 3.63) is 63.7 Å². The minimum atomic E-state index is -0.917. The second kappa shape index (κ2) is 12.8. The number of carbonyl (C=O) groups excluding carboxylic acids is 3. The first-order valence-corrected chi connectivity index (χ1v) is 12.6. The fraction of sp³-hybridized carbons (Fsp3) is 0.464. The van der Waals surface area contributed by atoms with Gasteiger partial charge < -0.3 is 20.3 Å². The number of benzene rings is 2. The van der Waals surface area contributed by atoms with E-state index in [0.29, 0.717) is 29.2 Å². The maximum Gasteiger partial charge on any atom is 0.408 e. The number of rotatable bonds is 9. The van der Waals surface area contributed by atoms with Gasteiger partial charge in [0.2, 0.25) is 5.91 Å². The third kappa shape index (κ3) is 8.26. The highest BCUT2D eigenvalue weighted by Crippen LogP contribution is 2.30. The van der Waals surface area contributed by atoms with Crippen molar-refractivity contribution in [1.82, 2.24) is 10.2 Å². The predicted octanol–water partition coefficient (Wildman–Crippen LogP) is 6.10. The molecule has 7 nitrogen and oxygen atoms in total. The van der Waals surface area contributed by atoms with Crippen LogP contribution in [0, 0.1) is 20.8 Å². The molecule has 0 aliphatic heterocycles. The second-order valence-electron chi connectivity index (χ2n) is 9.96. The summed E-state index contributed by atoms with van der Waals surface area (Å²) in [6, 6.07) is 10.2. The van der Waals surface area contributed by atoms with Crippen molar-refractivity contribution in [3.8, 4) is 0 Å². The van der Waals surface area contributed by atoms with Crippen LogP contribution < -0.4 is 10.6 Å². The van der Waals surface area contributed by atoms with E-state index in [9.17, 15) is 14.4 Å². The molecular formula is C28H38ClN3O4. The summed E-state index contributed by atoms with van der Waals surface area (Å²) in [7, 11) is 0. The molecule has 1 unspecified atom stereocenters. The molecular weight excluding hydrogens is 478 g/mol. The first kappa shape index (κ1) is 29.2. The quantitative estimate of drug-likeness (QED) is 0.422. The summed E-state index contributed by atoms with van der Waals surface area (Å²) in [5, 5.41) is 5.88. The number of alkyl carbamates (subject to hydrolysis) is 1. The van der Waals surface area contributed by atoms with Crippen molar-refractivity contribution in [1.29, 1.82) is 0 Å². The Morgan fingerprint density at radius 2 is 1.72 bits per heavy atom. The summed E-state index contributed by atoms with van der Waals surface area (Å²) in [4.78, 5) is 40.9. The Kier molecular flexibility index (Phi) is 10.3. The van der Waals surface area contributed by atoms with E-state index in [-0.39, 0.29) is 18.4 Å². The number of hydrogen-bond donors (Lipinski definition) is 2. The Morgan fingerprint density at radius 1 is 1.03 bits per heavy atom. The molecule has 196 valence electrons. The number of amides is 3. The molecule has 2 aromatic carbocycles. The minimum Gasteiger partial charge on any atom is -0.444 e. The summed E-state index contributed by atoms with van der Waals surface area (Å²) in [5.74, 6) is -0.764. The molecule has 0 fully saturated rings. The molecule has 0 saturated heterocycles. The Morgan fingerprint density at radius 3 is 2.31 bits per heavy atom. The van der Waals surface area contributed by atoms with Crippen LogP contribution in [0.15, 0.2) is 36.4 Å². The van der Waals surface area contributed by atoms with Crippen LogP contribution in [0.25, 0.3) is 0 Å². The van der Waals surface area contributed by atoms with Crippen LogP contribution in [0.2, 0.25) is 5.02 Å². The van der Waals surface area contributed by atoms with Gasteiger partial charge in [-0.2, -0.15) is 0 Å². The van der Waals surface area contributed by atoms with Gasteiger partial charge in [0.1, 0.15) is 18.2 Å². The molecule has 2 N–H and O–H groups in total. The molecule has 8 heteroatoms. The molecule has 0 heterocycles. The van der Waals surface area contributed by atoms with Gasteiger partial charge in [-0.05, 0) is 76.3 Å². The number of nitrogens with zero attached hydrogens (tertiary/aromatic N) is 1. The molecule has 0 spiro atoms. The van der Waals surface area contributed by atoms with E-state index in [0.717, 1.165) is 23.1 Å². The van der Waals surface area contributed by atoms with Crippen molar-refractivity contribution >= 4 is 35.2 Å². The van der Waals surface area contributed by atoms with E-state index in [2.05, 4.69) is 10.6 Å². The van der Waals surface area contributed by atoms with Crippen molar-refractivity contribution in [3.63, 3.8) is 0 Å². The van der Waals surface area contributed by atoms with Gasteiger partial charge in [-0.1, -0.05) is 55.3 Å². The number of para-hydroxylation sites is 1. The van der Waals surface area contributed by atoms with Gasteiger partial charge in [0.15, 0.2) is 0 Å². The zero-order valence-corrected chi connectivity index (χ0v) is 23.1. The highest BCUT2D eigenvalue weighted by molar-refractivity contribution is 6.34. The van der Waals surface area contributed by atoms with Gasteiger partial charge in [-0.25, -0.2) is 4.79 Å². The third-order valence-electron chi connectivity index (χ3n) is 5.73. The van der Waals surface area contributed by atoms with Gasteiger partial charge in [-0.3, -0.25) is 9.59 Å². The summed E-state index contributed by atoms with van der Waals surface area (Å²) < 4.78 is 5.26. The van der Waals surface area contributed by atoms with E-state index < -0.39 is 17.7 Å². The maximum absolute atomic E-state index is 13.8. The maximum atomic E-state index is 13.8. The number of nitrogens with one attached hydrogen (secondary N) is 2. The molecule has 2 rings (SSSR count). The molecule has 3 amide bonds. The van der Waals surface area contributed by atoms with E-state index in [1.165, 1.54) is 4.90 Å². The molecule has 0 aliphatic carbocycles. The van der Waals surface area contributed by atoms with Crippen molar-refractivity contribution in [2.45, 2.75) is 73.0 Å². The molecule has 0 saturated carbocycles. The monoisotopic (exact) mass is 515 g/mol. The van der Waals surface area contributed by atoms with Crippen LogP contribution >= 0.6 is 11.6 Å². The van der Waals surface area contributed by atoms with Gasteiger partial charge in [-0.15, -0.1) is 0 Å². The SMILES string of the molecule is CCCCN(C(=O)CNC(=O)OC(C)(C)C)C(C(=O)Nc1c(C)cccc1Cl)c1ccc(C)c(C)c1. The Bertz CT molecular complexity index is 1070. The minimum absolute atomic E-state index is 0.293. The Labute approximate surface area is 219 Å². The fourth-order valence-corrected chi connectivity index (χ4v) is 3.95. The highest BCUT2D eigenvalue weighted by atomic mass is 35.5. The average Bonchev–Trinajstić information content (AvgIpc) is 2.78. The van der Waals surface area contributed by atoms with E-state index >= 15 is 0 Å². The first-order valence-electron chi connectivity index (χ1n) is 12.2. The summed E-state index contributed by atoms with van der Waals surface area (Å²) >= 11 is 6.38. The molecule has 0 aromatic heterocycles. The van der Waals surface area contributed by atoms with Crippen LogP contribution in [-0.4, -0.2) is 41.5 Å². The summed E-state index contributed by atoms with van der Waals surface area (Å²) in [6.45, 7) is 13.1. The van der Waals surface area contributed by atoms with Crippen LogP contribution in [0.3, 0.4) is 0 Å². The average molecular weight is 516 g/mol. The lowest BCUT2D eigenvalue weighted by Gasteiger charge is -2.32. The number of hydrogen-bond acceptors (Lipinski definition) is 4. The van der Waals surface area contributed by atoms with Crippen molar-refractivity contribution < 1.29 is 19.1 Å². The lowest BCUT2D eigenvalue weighted by Crippen LogP contribution is -2.47. The molecule has 0 radical (unpaired) electrons. The number of aryl methyl sites for hydroxylation is 3. The molecule has 1 atom stereocenters. The predicted molar refractivity (Wildman–Crippen MR) is 144 cm³/mol. The second-order valence-corrected chi connectivity index (χ2v) is 10.4. The number of ether oxygens (including phenoxy) is 1. The highest BCUT2D eigenvalue weighted by Gasteiger charge is 2.32. The van der Waals surface area contributed by atoms with Gasteiger partial charge >= 0.3 is 6.09 Å². The number of unbranched alkanes of at least 4 members (excludes halogenated alkanes) is 1. The summed E-state index contributed by atoms with van der Waals surface area (Å²) in [5.41, 5.74) is 3.40. The molecule has 0 aliphatic rings. The van der Waals surface area contributed by atoms with E-state index in [1.807, 2.05) is 58.0 Å². The summed E-state index contributed by atoms with van der Waals surface area (Å²) in [6.07, 6.45) is 0.830. The number of halogens is 1. The van der Waals surface area contributed by atoms with Crippen molar-refractivity contribution in [2.24, 2.45) is 0 Å². The zero-order chi connectivity index (χ0) is 27.0.